The molecule has 2 N–H and O–H groups in total. The van der Waals surface area contributed by atoms with Gasteiger partial charge in [-0.3, -0.25) is 4.79 Å². The van der Waals surface area contributed by atoms with E-state index in [1.807, 2.05) is 6.07 Å². The largest absolute Gasteiger partial charge is 0.366 e. The zero-order valence-electron chi connectivity index (χ0n) is 13.6. The summed E-state index contributed by atoms with van der Waals surface area (Å²) < 4.78 is 13.6. The number of carbonyl (C=O) groups is 1. The van der Waals surface area contributed by atoms with Crippen molar-refractivity contribution in [1.82, 2.24) is 4.98 Å². The summed E-state index contributed by atoms with van der Waals surface area (Å²) >= 11 is 0. The van der Waals surface area contributed by atoms with Gasteiger partial charge in [0.25, 0.3) is 0 Å². The van der Waals surface area contributed by atoms with Gasteiger partial charge in [-0.1, -0.05) is 37.5 Å². The second kappa shape index (κ2) is 7.90. The van der Waals surface area contributed by atoms with Gasteiger partial charge in [-0.25, -0.2) is 9.37 Å². The number of nitrogens with one attached hydrogen (secondary N) is 2. The monoisotopic (exact) mass is 327 g/mol. The lowest BCUT2D eigenvalue weighted by atomic mass is 9.88. The number of aromatic nitrogens is 1. The summed E-state index contributed by atoms with van der Waals surface area (Å²) in [5.41, 5.74) is 1.29. The van der Waals surface area contributed by atoms with Crippen LogP contribution in [0, 0.1) is 11.7 Å². The molecule has 1 fully saturated rings. The molecule has 1 aromatic heterocycles. The number of halogens is 1. The van der Waals surface area contributed by atoms with Crippen LogP contribution in [-0.2, 0) is 11.3 Å². The molecule has 5 heteroatoms. The molecule has 3 rings (SSSR count). The summed E-state index contributed by atoms with van der Waals surface area (Å²) in [5.74, 6) is 0.622. The molecule has 0 aliphatic heterocycles. The van der Waals surface area contributed by atoms with E-state index in [4.69, 9.17) is 0 Å². The molecular formula is C19H22FN3O. The van der Waals surface area contributed by atoms with Crippen LogP contribution in [0.4, 0.5) is 15.9 Å². The fourth-order valence-corrected chi connectivity index (χ4v) is 3.01. The Labute approximate surface area is 141 Å². The molecule has 0 saturated heterocycles. The SMILES string of the molecule is O=C(Nc1ccc(NCc2ccccc2F)nc1)C1CCCCC1. The molecule has 24 heavy (non-hydrogen) atoms. The van der Waals surface area contributed by atoms with Crippen molar-refractivity contribution < 1.29 is 9.18 Å². The standard InChI is InChI=1S/C19H22FN3O/c20-17-9-5-4-8-15(17)12-21-18-11-10-16(13-22-18)23-19(24)14-6-2-1-3-7-14/h4-5,8-11,13-14H,1-3,6-7,12H2,(H,21,22)(H,23,24). The van der Waals surface area contributed by atoms with E-state index in [0.717, 1.165) is 25.7 Å². The van der Waals surface area contributed by atoms with Crippen molar-refractivity contribution in [2.75, 3.05) is 10.6 Å². The maximum absolute atomic E-state index is 13.6. The Morgan fingerprint density at radius 3 is 2.62 bits per heavy atom. The normalized spacial score (nSPS) is 15.0. The van der Waals surface area contributed by atoms with Gasteiger partial charge in [-0.2, -0.15) is 0 Å². The number of hydrogen-bond donors (Lipinski definition) is 2. The van der Waals surface area contributed by atoms with E-state index in [-0.39, 0.29) is 17.6 Å². The van der Waals surface area contributed by atoms with Gasteiger partial charge in [0.15, 0.2) is 0 Å². The molecule has 1 saturated carbocycles. The summed E-state index contributed by atoms with van der Waals surface area (Å²) in [4.78, 5) is 16.5. The van der Waals surface area contributed by atoms with Crippen molar-refractivity contribution >= 4 is 17.4 Å². The molecule has 0 radical (unpaired) electrons. The third-order valence-electron chi connectivity index (χ3n) is 4.42. The molecule has 0 atom stereocenters. The van der Waals surface area contributed by atoms with Crippen LogP contribution < -0.4 is 10.6 Å². The first-order chi connectivity index (χ1) is 11.7. The van der Waals surface area contributed by atoms with E-state index >= 15 is 0 Å². The molecule has 4 nitrogen and oxygen atoms in total. The van der Waals surface area contributed by atoms with Crippen LogP contribution in [0.15, 0.2) is 42.6 Å². The zero-order valence-corrected chi connectivity index (χ0v) is 13.6. The molecule has 1 aliphatic rings. The summed E-state index contributed by atoms with van der Waals surface area (Å²) in [6, 6.07) is 10.3. The molecule has 0 spiro atoms. The molecule has 1 aromatic carbocycles. The van der Waals surface area contributed by atoms with Crippen molar-refractivity contribution in [2.45, 2.75) is 38.6 Å². The highest BCUT2D eigenvalue weighted by molar-refractivity contribution is 5.92. The number of carbonyl (C=O) groups excluding carboxylic acids is 1. The number of nitrogens with zero attached hydrogens (tertiary/aromatic N) is 1. The topological polar surface area (TPSA) is 54.0 Å². The van der Waals surface area contributed by atoms with Gasteiger partial charge in [0, 0.05) is 18.0 Å². The van der Waals surface area contributed by atoms with Crippen LogP contribution in [-0.4, -0.2) is 10.9 Å². The van der Waals surface area contributed by atoms with Gasteiger partial charge in [0.2, 0.25) is 5.91 Å². The Morgan fingerprint density at radius 1 is 1.12 bits per heavy atom. The maximum Gasteiger partial charge on any atom is 0.227 e. The maximum atomic E-state index is 13.6. The Balaban J connectivity index is 1.53. The minimum absolute atomic E-state index is 0.0866. The summed E-state index contributed by atoms with van der Waals surface area (Å²) in [6.07, 6.45) is 7.08. The number of benzene rings is 1. The van der Waals surface area contributed by atoms with Crippen LogP contribution in [0.5, 0.6) is 0 Å². The third kappa shape index (κ3) is 4.31. The zero-order chi connectivity index (χ0) is 16.8. The summed E-state index contributed by atoms with van der Waals surface area (Å²) in [7, 11) is 0. The number of anilines is 2. The Morgan fingerprint density at radius 2 is 1.92 bits per heavy atom. The first-order valence-electron chi connectivity index (χ1n) is 8.46. The second-order valence-corrected chi connectivity index (χ2v) is 6.20. The van der Waals surface area contributed by atoms with Gasteiger partial charge in [-0.05, 0) is 31.0 Å². The van der Waals surface area contributed by atoms with Crippen LogP contribution in [0.25, 0.3) is 0 Å². The highest BCUT2D eigenvalue weighted by atomic mass is 19.1. The van der Waals surface area contributed by atoms with Crippen molar-refractivity contribution in [3.05, 3.63) is 54.0 Å². The van der Waals surface area contributed by atoms with E-state index < -0.39 is 0 Å². The van der Waals surface area contributed by atoms with E-state index in [1.54, 1.807) is 30.5 Å². The number of rotatable bonds is 5. The third-order valence-corrected chi connectivity index (χ3v) is 4.42. The lowest BCUT2D eigenvalue weighted by molar-refractivity contribution is -0.120. The molecule has 2 aromatic rings. The summed E-state index contributed by atoms with van der Waals surface area (Å²) in [5, 5.41) is 6.01. The van der Waals surface area contributed by atoms with Gasteiger partial charge in [0.1, 0.15) is 11.6 Å². The lowest BCUT2D eigenvalue weighted by Crippen LogP contribution is -2.24. The van der Waals surface area contributed by atoms with Gasteiger partial charge in [0.05, 0.1) is 11.9 Å². The van der Waals surface area contributed by atoms with Crippen LogP contribution in [0.1, 0.15) is 37.7 Å². The fourth-order valence-electron chi connectivity index (χ4n) is 3.01. The smallest absolute Gasteiger partial charge is 0.227 e. The molecule has 1 heterocycles. The number of pyridine rings is 1. The lowest BCUT2D eigenvalue weighted by Gasteiger charge is -2.20. The second-order valence-electron chi connectivity index (χ2n) is 6.20. The molecule has 126 valence electrons. The van der Waals surface area contributed by atoms with Crippen molar-refractivity contribution in [3.8, 4) is 0 Å². The van der Waals surface area contributed by atoms with Crippen LogP contribution in [0.2, 0.25) is 0 Å². The fraction of sp³-hybridized carbons (Fsp3) is 0.368. The first kappa shape index (κ1) is 16.4. The van der Waals surface area contributed by atoms with Crippen LogP contribution in [0.3, 0.4) is 0 Å². The van der Waals surface area contributed by atoms with Gasteiger partial charge in [-0.15, -0.1) is 0 Å². The predicted molar refractivity (Wildman–Crippen MR) is 93.2 cm³/mol. The molecule has 1 amide bonds. The average Bonchev–Trinajstić information content (AvgIpc) is 2.63. The van der Waals surface area contributed by atoms with Crippen molar-refractivity contribution in [3.63, 3.8) is 0 Å². The molecule has 0 unspecified atom stereocenters. The average molecular weight is 327 g/mol. The Kier molecular flexibility index (Phi) is 5.41. The minimum atomic E-state index is -0.235. The minimum Gasteiger partial charge on any atom is -0.366 e. The number of amides is 1. The van der Waals surface area contributed by atoms with E-state index in [0.29, 0.717) is 23.6 Å². The van der Waals surface area contributed by atoms with Crippen molar-refractivity contribution in [1.29, 1.82) is 0 Å². The highest BCUT2D eigenvalue weighted by Crippen LogP contribution is 2.25. The van der Waals surface area contributed by atoms with E-state index in [2.05, 4.69) is 15.6 Å². The highest BCUT2D eigenvalue weighted by Gasteiger charge is 2.20. The molecule has 0 bridgehead atoms. The van der Waals surface area contributed by atoms with Crippen molar-refractivity contribution in [2.24, 2.45) is 5.92 Å². The van der Waals surface area contributed by atoms with Crippen LogP contribution >= 0.6 is 0 Å². The summed E-state index contributed by atoms with van der Waals surface area (Å²) in [6.45, 7) is 0.369. The quantitative estimate of drug-likeness (QED) is 0.858. The first-order valence-corrected chi connectivity index (χ1v) is 8.46. The molecular weight excluding hydrogens is 305 g/mol. The molecule has 1 aliphatic carbocycles. The van der Waals surface area contributed by atoms with Gasteiger partial charge >= 0.3 is 0 Å². The van der Waals surface area contributed by atoms with Gasteiger partial charge < -0.3 is 10.6 Å². The predicted octanol–water partition coefficient (Wildman–Crippen LogP) is 4.35. The number of hydrogen-bond acceptors (Lipinski definition) is 3. The Bertz CT molecular complexity index is 681. The van der Waals surface area contributed by atoms with E-state index in [9.17, 15) is 9.18 Å². The van der Waals surface area contributed by atoms with E-state index in [1.165, 1.54) is 12.5 Å². The Hall–Kier alpha value is -2.43.